The number of hydrogen-bond donors (Lipinski definition) is 2. The zero-order valence-electron chi connectivity index (χ0n) is 15.4. The first-order chi connectivity index (χ1) is 12.9. The Morgan fingerprint density at radius 2 is 1.68 bits per heavy atom. The second kappa shape index (κ2) is 9.74. The number of benzene rings is 2. The molecule has 1 heterocycles. The molecule has 2 N–H and O–H groups in total. The van der Waals surface area contributed by atoms with Gasteiger partial charge in [-0.3, -0.25) is 0 Å². The van der Waals surface area contributed by atoms with Crippen LogP contribution in [0.4, 0.5) is 13.2 Å². The summed E-state index contributed by atoms with van der Waals surface area (Å²) in [7, 11) is 0. The summed E-state index contributed by atoms with van der Waals surface area (Å²) in [6.07, 6.45) is -6.35. The normalized spacial score (nSPS) is 19.5. The van der Waals surface area contributed by atoms with Gasteiger partial charge in [-0.1, -0.05) is 54.6 Å². The van der Waals surface area contributed by atoms with E-state index >= 15 is 0 Å². The molecule has 2 unspecified atom stereocenters. The Balaban J connectivity index is 0.00000280. The minimum atomic E-state index is -4.32. The van der Waals surface area contributed by atoms with E-state index in [2.05, 4.69) is 5.32 Å². The van der Waals surface area contributed by atoms with Crippen LogP contribution in [0.5, 0.6) is 0 Å². The lowest BCUT2D eigenvalue weighted by Crippen LogP contribution is -2.54. The Morgan fingerprint density at radius 1 is 1.00 bits per heavy atom. The standard InChI is InChI=1S/C21H24F3NO2.ClH/c22-21(23,24)11-10-20(26,19-15-25-12-13-27-19)14-17-8-4-5-9-18(17)16-6-2-1-3-7-16;/h1-9,19,25-26H,10-15H2;1H. The Hall–Kier alpha value is -1.60. The van der Waals surface area contributed by atoms with Gasteiger partial charge in [-0.15, -0.1) is 12.4 Å². The summed E-state index contributed by atoms with van der Waals surface area (Å²) in [5, 5.41) is 14.4. The molecule has 0 bridgehead atoms. The van der Waals surface area contributed by atoms with Crippen molar-refractivity contribution < 1.29 is 23.0 Å². The van der Waals surface area contributed by atoms with Gasteiger partial charge in [-0.25, -0.2) is 0 Å². The van der Waals surface area contributed by atoms with Crippen LogP contribution < -0.4 is 5.32 Å². The van der Waals surface area contributed by atoms with Crippen LogP contribution in [0, 0.1) is 0 Å². The number of morpholine rings is 1. The van der Waals surface area contributed by atoms with Crippen molar-refractivity contribution in [3.05, 3.63) is 60.2 Å². The molecule has 1 fully saturated rings. The highest BCUT2D eigenvalue weighted by Crippen LogP contribution is 2.34. The van der Waals surface area contributed by atoms with Crippen LogP contribution in [0.2, 0.25) is 0 Å². The molecule has 1 aliphatic rings. The Morgan fingerprint density at radius 3 is 2.32 bits per heavy atom. The molecule has 1 saturated heterocycles. The maximum absolute atomic E-state index is 12.9. The first-order valence-corrected chi connectivity index (χ1v) is 9.12. The summed E-state index contributed by atoms with van der Waals surface area (Å²) in [4.78, 5) is 0. The molecule has 2 aromatic carbocycles. The molecule has 3 rings (SSSR count). The van der Waals surface area contributed by atoms with Crippen LogP contribution in [0.25, 0.3) is 11.1 Å². The van der Waals surface area contributed by atoms with Crippen molar-refractivity contribution in [1.29, 1.82) is 0 Å². The van der Waals surface area contributed by atoms with Crippen molar-refractivity contribution in [3.8, 4) is 11.1 Å². The highest BCUT2D eigenvalue weighted by molar-refractivity contribution is 5.85. The van der Waals surface area contributed by atoms with Gasteiger partial charge in [-0.2, -0.15) is 13.2 Å². The van der Waals surface area contributed by atoms with Crippen molar-refractivity contribution in [1.82, 2.24) is 5.32 Å². The Labute approximate surface area is 169 Å². The molecule has 2 atom stereocenters. The van der Waals surface area contributed by atoms with Gasteiger partial charge in [0.15, 0.2) is 0 Å². The smallest absolute Gasteiger partial charge is 0.387 e. The third-order valence-electron chi connectivity index (χ3n) is 4.97. The predicted octanol–water partition coefficient (Wildman–Crippen LogP) is 4.38. The van der Waals surface area contributed by atoms with Crippen LogP contribution in [0.3, 0.4) is 0 Å². The fourth-order valence-electron chi connectivity index (χ4n) is 3.54. The number of ether oxygens (including phenoxy) is 1. The maximum atomic E-state index is 12.9. The van der Waals surface area contributed by atoms with Crippen molar-refractivity contribution in [2.45, 2.75) is 37.1 Å². The van der Waals surface area contributed by atoms with E-state index in [0.717, 1.165) is 16.7 Å². The molecule has 0 amide bonds. The second-order valence-electron chi connectivity index (χ2n) is 6.98. The number of aliphatic hydroxyl groups is 1. The molecule has 2 aromatic rings. The summed E-state index contributed by atoms with van der Waals surface area (Å²) in [6.45, 7) is 1.34. The summed E-state index contributed by atoms with van der Waals surface area (Å²) in [5.41, 5.74) is 1.08. The van der Waals surface area contributed by atoms with E-state index in [1.807, 2.05) is 54.6 Å². The predicted molar refractivity (Wildman–Crippen MR) is 106 cm³/mol. The average molecular weight is 416 g/mol. The van der Waals surface area contributed by atoms with Gasteiger partial charge in [0.25, 0.3) is 0 Å². The van der Waals surface area contributed by atoms with E-state index in [1.165, 1.54) is 0 Å². The zero-order chi connectivity index (χ0) is 19.3. The van der Waals surface area contributed by atoms with Crippen molar-refractivity contribution >= 4 is 12.4 Å². The highest BCUT2D eigenvalue weighted by Gasteiger charge is 2.42. The Bertz CT molecular complexity index is 736. The molecular formula is C21H25ClF3NO2. The number of nitrogens with one attached hydrogen (secondary N) is 1. The first-order valence-electron chi connectivity index (χ1n) is 9.12. The lowest BCUT2D eigenvalue weighted by Gasteiger charge is -2.39. The second-order valence-corrected chi connectivity index (χ2v) is 6.98. The number of hydrogen-bond acceptors (Lipinski definition) is 3. The molecule has 0 spiro atoms. The van der Waals surface area contributed by atoms with Crippen molar-refractivity contribution in [2.75, 3.05) is 19.7 Å². The SMILES string of the molecule is Cl.OC(CCC(F)(F)F)(Cc1ccccc1-c1ccccc1)C1CNCCO1. The fraction of sp³-hybridized carbons (Fsp3) is 0.429. The lowest BCUT2D eigenvalue weighted by atomic mass is 9.82. The van der Waals surface area contributed by atoms with Crippen LogP contribution in [-0.4, -0.2) is 42.7 Å². The van der Waals surface area contributed by atoms with E-state index in [-0.39, 0.29) is 18.8 Å². The molecule has 1 aliphatic heterocycles. The molecule has 0 radical (unpaired) electrons. The first kappa shape index (κ1) is 22.7. The van der Waals surface area contributed by atoms with Gasteiger partial charge in [0.2, 0.25) is 0 Å². The number of alkyl halides is 3. The quantitative estimate of drug-likeness (QED) is 0.735. The number of rotatable bonds is 6. The molecule has 0 aliphatic carbocycles. The number of halogens is 4. The fourth-order valence-corrected chi connectivity index (χ4v) is 3.54. The van der Waals surface area contributed by atoms with Crippen LogP contribution in [0.15, 0.2) is 54.6 Å². The summed E-state index contributed by atoms with van der Waals surface area (Å²) in [6, 6.07) is 17.1. The van der Waals surface area contributed by atoms with E-state index in [4.69, 9.17) is 4.74 Å². The molecular weight excluding hydrogens is 391 g/mol. The average Bonchev–Trinajstić information content (AvgIpc) is 2.68. The van der Waals surface area contributed by atoms with Gasteiger partial charge in [-0.05, 0) is 23.1 Å². The Kier molecular flexibility index (Phi) is 7.89. The van der Waals surface area contributed by atoms with Crippen molar-refractivity contribution in [3.63, 3.8) is 0 Å². The lowest BCUT2D eigenvalue weighted by molar-refractivity contribution is -0.167. The molecule has 3 nitrogen and oxygen atoms in total. The zero-order valence-corrected chi connectivity index (χ0v) is 16.2. The molecule has 0 aromatic heterocycles. The van der Waals surface area contributed by atoms with Crippen LogP contribution in [-0.2, 0) is 11.2 Å². The molecule has 28 heavy (non-hydrogen) atoms. The van der Waals surface area contributed by atoms with Gasteiger partial charge < -0.3 is 15.2 Å². The summed E-state index contributed by atoms with van der Waals surface area (Å²) in [5.74, 6) is 0. The molecule has 7 heteroatoms. The van der Waals surface area contributed by atoms with Crippen LogP contribution >= 0.6 is 12.4 Å². The van der Waals surface area contributed by atoms with Crippen molar-refractivity contribution in [2.24, 2.45) is 0 Å². The summed E-state index contributed by atoms with van der Waals surface area (Å²) < 4.78 is 44.3. The monoisotopic (exact) mass is 415 g/mol. The van der Waals surface area contributed by atoms with E-state index in [1.54, 1.807) is 0 Å². The minimum Gasteiger partial charge on any atom is -0.387 e. The largest absolute Gasteiger partial charge is 0.389 e. The summed E-state index contributed by atoms with van der Waals surface area (Å²) >= 11 is 0. The van der Waals surface area contributed by atoms with Crippen LogP contribution in [0.1, 0.15) is 18.4 Å². The third kappa shape index (κ3) is 5.95. The molecule has 154 valence electrons. The topological polar surface area (TPSA) is 41.5 Å². The maximum Gasteiger partial charge on any atom is 0.389 e. The highest BCUT2D eigenvalue weighted by atomic mass is 35.5. The third-order valence-corrected chi connectivity index (χ3v) is 4.97. The minimum absolute atomic E-state index is 0. The molecule has 0 saturated carbocycles. The van der Waals surface area contributed by atoms with Gasteiger partial charge in [0, 0.05) is 25.9 Å². The van der Waals surface area contributed by atoms with E-state index in [9.17, 15) is 18.3 Å². The van der Waals surface area contributed by atoms with E-state index < -0.39 is 30.7 Å². The van der Waals surface area contributed by atoms with E-state index in [0.29, 0.717) is 19.7 Å². The van der Waals surface area contributed by atoms with Gasteiger partial charge in [0.05, 0.1) is 18.3 Å². The van der Waals surface area contributed by atoms with Gasteiger partial charge in [0.1, 0.15) is 0 Å². The van der Waals surface area contributed by atoms with Gasteiger partial charge >= 0.3 is 6.18 Å².